The number of carboxylic acid groups (broad SMARTS) is 1. The first-order chi connectivity index (χ1) is 12.2. The van der Waals surface area contributed by atoms with E-state index in [2.05, 4.69) is 10.3 Å². The standard InChI is InChI=1S/C17H14ClF3N2O3/c1-2-4-9-12(17(19,20)21)7-6-10(16(25)26)13(9)23-15(24)11-5-3-8-22-14(11)18/h3,5-8H,2,4H2,1H3,(H,23,24)(H,25,26). The maximum absolute atomic E-state index is 13.3. The van der Waals surface area contributed by atoms with Crippen LogP contribution in [-0.2, 0) is 12.6 Å². The molecule has 26 heavy (non-hydrogen) atoms. The van der Waals surface area contributed by atoms with Crippen molar-refractivity contribution in [1.29, 1.82) is 0 Å². The third-order valence-corrected chi connectivity index (χ3v) is 3.89. The van der Waals surface area contributed by atoms with Crippen LogP contribution in [0.5, 0.6) is 0 Å². The zero-order valence-corrected chi connectivity index (χ0v) is 14.3. The van der Waals surface area contributed by atoms with Gasteiger partial charge in [0.1, 0.15) is 5.15 Å². The molecule has 1 heterocycles. The molecule has 0 unspecified atom stereocenters. The SMILES string of the molecule is CCCc1c(C(F)(F)F)ccc(C(=O)O)c1NC(=O)c1cccnc1Cl. The molecule has 1 aromatic heterocycles. The maximum Gasteiger partial charge on any atom is 0.416 e. The Morgan fingerprint density at radius 1 is 1.23 bits per heavy atom. The number of carbonyl (C=O) groups is 2. The van der Waals surface area contributed by atoms with Gasteiger partial charge in [0, 0.05) is 6.20 Å². The third kappa shape index (κ3) is 4.13. The van der Waals surface area contributed by atoms with Crippen molar-refractivity contribution >= 4 is 29.2 Å². The molecule has 0 fully saturated rings. The lowest BCUT2D eigenvalue weighted by atomic mass is 9.96. The fraction of sp³-hybridized carbons (Fsp3) is 0.235. The van der Waals surface area contributed by atoms with Gasteiger partial charge in [-0.25, -0.2) is 9.78 Å². The maximum atomic E-state index is 13.3. The quantitative estimate of drug-likeness (QED) is 0.733. The third-order valence-electron chi connectivity index (χ3n) is 3.59. The van der Waals surface area contributed by atoms with Gasteiger partial charge in [-0.05, 0) is 36.2 Å². The smallest absolute Gasteiger partial charge is 0.416 e. The predicted molar refractivity (Wildman–Crippen MR) is 89.6 cm³/mol. The Hall–Kier alpha value is -2.61. The van der Waals surface area contributed by atoms with Crippen molar-refractivity contribution in [2.45, 2.75) is 25.9 Å². The molecule has 5 nitrogen and oxygen atoms in total. The molecular formula is C17H14ClF3N2O3. The van der Waals surface area contributed by atoms with Gasteiger partial charge in [0.05, 0.1) is 22.4 Å². The molecule has 2 aromatic rings. The summed E-state index contributed by atoms with van der Waals surface area (Å²) in [4.78, 5) is 27.6. The summed E-state index contributed by atoms with van der Waals surface area (Å²) in [6, 6.07) is 4.29. The van der Waals surface area contributed by atoms with E-state index in [-0.39, 0.29) is 28.4 Å². The molecule has 138 valence electrons. The Labute approximate surface area is 151 Å². The molecule has 9 heteroatoms. The topological polar surface area (TPSA) is 79.3 Å². The van der Waals surface area contributed by atoms with E-state index < -0.39 is 29.2 Å². The van der Waals surface area contributed by atoms with Gasteiger partial charge in [-0.2, -0.15) is 13.2 Å². The molecule has 0 radical (unpaired) electrons. The fourth-order valence-corrected chi connectivity index (χ4v) is 2.69. The van der Waals surface area contributed by atoms with E-state index in [0.29, 0.717) is 12.5 Å². The van der Waals surface area contributed by atoms with Gasteiger partial charge in [-0.15, -0.1) is 0 Å². The number of nitrogens with zero attached hydrogens (tertiary/aromatic N) is 1. The summed E-state index contributed by atoms with van der Waals surface area (Å²) in [5, 5.41) is 11.4. The number of benzene rings is 1. The zero-order valence-electron chi connectivity index (χ0n) is 13.5. The average Bonchev–Trinajstić information content (AvgIpc) is 2.55. The van der Waals surface area contributed by atoms with E-state index in [1.54, 1.807) is 6.92 Å². The summed E-state index contributed by atoms with van der Waals surface area (Å²) < 4.78 is 40.0. The highest BCUT2D eigenvalue weighted by Crippen LogP contribution is 2.38. The van der Waals surface area contributed by atoms with Crippen LogP contribution in [0.1, 0.15) is 45.2 Å². The minimum atomic E-state index is -4.69. The van der Waals surface area contributed by atoms with Crippen LogP contribution >= 0.6 is 11.6 Å². The molecule has 2 N–H and O–H groups in total. The van der Waals surface area contributed by atoms with E-state index in [0.717, 1.165) is 6.07 Å². The minimum absolute atomic E-state index is 0.0631. The van der Waals surface area contributed by atoms with Gasteiger partial charge >= 0.3 is 12.1 Å². The first-order valence-electron chi connectivity index (χ1n) is 7.55. The van der Waals surface area contributed by atoms with Crippen molar-refractivity contribution < 1.29 is 27.9 Å². The average molecular weight is 387 g/mol. The molecule has 0 bridgehead atoms. The van der Waals surface area contributed by atoms with Gasteiger partial charge in [-0.1, -0.05) is 24.9 Å². The number of aromatic carboxylic acids is 1. The number of anilines is 1. The van der Waals surface area contributed by atoms with Crippen LogP contribution in [0.3, 0.4) is 0 Å². The Morgan fingerprint density at radius 2 is 1.92 bits per heavy atom. The van der Waals surface area contributed by atoms with Crippen LogP contribution in [-0.4, -0.2) is 22.0 Å². The van der Waals surface area contributed by atoms with E-state index in [1.165, 1.54) is 18.3 Å². The number of hydrogen-bond donors (Lipinski definition) is 2. The van der Waals surface area contributed by atoms with Gasteiger partial charge in [0.15, 0.2) is 0 Å². The van der Waals surface area contributed by atoms with E-state index in [9.17, 15) is 27.9 Å². The normalized spacial score (nSPS) is 11.3. The molecule has 1 amide bonds. The molecule has 0 aliphatic rings. The number of amides is 1. The number of nitrogens with one attached hydrogen (secondary N) is 1. The van der Waals surface area contributed by atoms with Crippen LogP contribution in [0.4, 0.5) is 18.9 Å². The predicted octanol–water partition coefficient (Wildman–Crippen LogP) is 4.66. The molecule has 2 rings (SSSR count). The summed E-state index contributed by atoms with van der Waals surface area (Å²) >= 11 is 5.82. The van der Waals surface area contributed by atoms with E-state index in [1.807, 2.05) is 0 Å². The molecule has 0 atom stereocenters. The van der Waals surface area contributed by atoms with Crippen molar-refractivity contribution in [2.24, 2.45) is 0 Å². The summed E-state index contributed by atoms with van der Waals surface area (Å²) in [6.07, 6.45) is -3.09. The van der Waals surface area contributed by atoms with Crippen LogP contribution < -0.4 is 5.32 Å². The Kier molecular flexibility index (Phi) is 5.86. The first kappa shape index (κ1) is 19.7. The molecule has 0 saturated heterocycles. The van der Waals surface area contributed by atoms with Gasteiger partial charge < -0.3 is 10.4 Å². The number of hydrogen-bond acceptors (Lipinski definition) is 3. The highest BCUT2D eigenvalue weighted by molar-refractivity contribution is 6.33. The first-order valence-corrected chi connectivity index (χ1v) is 7.92. The van der Waals surface area contributed by atoms with Crippen LogP contribution in [0.25, 0.3) is 0 Å². The van der Waals surface area contributed by atoms with Crippen molar-refractivity contribution in [1.82, 2.24) is 4.98 Å². The highest BCUT2D eigenvalue weighted by Gasteiger charge is 2.35. The van der Waals surface area contributed by atoms with Crippen LogP contribution in [0, 0.1) is 0 Å². The number of halogens is 4. The summed E-state index contributed by atoms with van der Waals surface area (Å²) in [5.74, 6) is -2.30. The van der Waals surface area contributed by atoms with E-state index in [4.69, 9.17) is 11.6 Å². The lowest BCUT2D eigenvalue weighted by molar-refractivity contribution is -0.138. The van der Waals surface area contributed by atoms with Gasteiger partial charge in [-0.3, -0.25) is 4.79 Å². The van der Waals surface area contributed by atoms with Gasteiger partial charge in [0.25, 0.3) is 5.91 Å². The lowest BCUT2D eigenvalue weighted by Gasteiger charge is -2.19. The number of pyridine rings is 1. The van der Waals surface area contributed by atoms with Crippen LogP contribution in [0.15, 0.2) is 30.5 Å². The molecular weight excluding hydrogens is 373 g/mol. The summed E-state index contributed by atoms with van der Waals surface area (Å²) in [5.41, 5.74) is -2.18. The lowest BCUT2D eigenvalue weighted by Crippen LogP contribution is -2.20. The van der Waals surface area contributed by atoms with Crippen molar-refractivity contribution in [3.05, 3.63) is 57.9 Å². The van der Waals surface area contributed by atoms with Crippen molar-refractivity contribution in [3.8, 4) is 0 Å². The summed E-state index contributed by atoms with van der Waals surface area (Å²) in [6.45, 7) is 1.65. The minimum Gasteiger partial charge on any atom is -0.478 e. The highest BCUT2D eigenvalue weighted by atomic mass is 35.5. The largest absolute Gasteiger partial charge is 0.478 e. The second-order valence-corrected chi connectivity index (χ2v) is 5.72. The van der Waals surface area contributed by atoms with E-state index >= 15 is 0 Å². The molecule has 0 aliphatic heterocycles. The van der Waals surface area contributed by atoms with Crippen molar-refractivity contribution in [2.75, 3.05) is 5.32 Å². The molecule has 1 aromatic carbocycles. The number of rotatable bonds is 5. The zero-order chi connectivity index (χ0) is 19.5. The summed E-state index contributed by atoms with van der Waals surface area (Å²) in [7, 11) is 0. The molecule has 0 aliphatic carbocycles. The fourth-order valence-electron chi connectivity index (χ4n) is 2.48. The second-order valence-electron chi connectivity index (χ2n) is 5.36. The molecule has 0 spiro atoms. The van der Waals surface area contributed by atoms with Crippen molar-refractivity contribution in [3.63, 3.8) is 0 Å². The Balaban J connectivity index is 2.62. The number of carboxylic acids is 1. The Bertz CT molecular complexity index is 854. The molecule has 0 saturated carbocycles. The number of alkyl halides is 3. The second kappa shape index (κ2) is 7.74. The van der Waals surface area contributed by atoms with Gasteiger partial charge in [0.2, 0.25) is 0 Å². The Morgan fingerprint density at radius 3 is 2.46 bits per heavy atom. The number of aromatic nitrogens is 1. The number of carbonyl (C=O) groups excluding carboxylic acids is 1. The monoisotopic (exact) mass is 386 g/mol. The van der Waals surface area contributed by atoms with Crippen LogP contribution in [0.2, 0.25) is 5.15 Å².